The van der Waals surface area contributed by atoms with E-state index in [2.05, 4.69) is 39.1 Å². The second kappa shape index (κ2) is 3.09. The van der Waals surface area contributed by atoms with E-state index < -0.39 is 0 Å². The van der Waals surface area contributed by atoms with E-state index in [-0.39, 0.29) is 18.3 Å². The maximum atomic E-state index is 5.92. The summed E-state index contributed by atoms with van der Waals surface area (Å²) in [6.07, 6.45) is 2.15. The van der Waals surface area contributed by atoms with Crippen molar-refractivity contribution in [2.75, 3.05) is 13.1 Å². The first-order chi connectivity index (χ1) is 6.42. The van der Waals surface area contributed by atoms with E-state index in [1.807, 2.05) is 0 Å². The van der Waals surface area contributed by atoms with Gasteiger partial charge in [-0.3, -0.25) is 0 Å². The van der Waals surface area contributed by atoms with Gasteiger partial charge in [0.2, 0.25) is 0 Å². The van der Waals surface area contributed by atoms with Crippen LogP contribution in [-0.2, 0) is 9.31 Å². The summed E-state index contributed by atoms with van der Waals surface area (Å²) in [4.78, 5) is 0. The van der Waals surface area contributed by atoms with Gasteiger partial charge in [0.1, 0.15) is 0 Å². The first-order valence-electron chi connectivity index (χ1n) is 5.18. The van der Waals surface area contributed by atoms with E-state index in [9.17, 15) is 0 Å². The third kappa shape index (κ3) is 1.51. The van der Waals surface area contributed by atoms with Gasteiger partial charge in [-0.05, 0) is 33.2 Å². The highest BCUT2D eigenvalue weighted by Gasteiger charge is 2.52. The summed E-state index contributed by atoms with van der Waals surface area (Å²) >= 11 is 0. The molecule has 1 fully saturated rings. The molecule has 0 aromatic carbocycles. The number of hydrogen-bond acceptors (Lipinski definition) is 3. The van der Waals surface area contributed by atoms with E-state index in [1.54, 1.807) is 0 Å². The van der Waals surface area contributed by atoms with Crippen molar-refractivity contribution in [3.05, 3.63) is 11.5 Å². The predicted molar refractivity (Wildman–Crippen MR) is 57.0 cm³/mol. The van der Waals surface area contributed by atoms with Crippen molar-refractivity contribution in [2.45, 2.75) is 38.9 Å². The molecule has 0 saturated carbocycles. The Morgan fingerprint density at radius 3 is 2.21 bits per heavy atom. The van der Waals surface area contributed by atoms with Crippen LogP contribution in [-0.4, -0.2) is 31.4 Å². The van der Waals surface area contributed by atoms with Crippen LogP contribution in [0, 0.1) is 0 Å². The molecule has 0 aromatic rings. The minimum Gasteiger partial charge on any atom is -0.400 e. The lowest BCUT2D eigenvalue weighted by Crippen LogP contribution is -2.41. The van der Waals surface area contributed by atoms with Crippen LogP contribution < -0.4 is 5.32 Å². The highest BCUT2D eigenvalue weighted by molar-refractivity contribution is 6.54. The zero-order valence-electron chi connectivity index (χ0n) is 9.39. The standard InChI is InChI=1S/C10H18BNO2/c1-9(2)10(3,4)14-11(13-9)8-5-6-12-7-8/h5,12H,6-7H2,1-4H3. The molecule has 2 aliphatic heterocycles. The average molecular weight is 195 g/mol. The highest BCUT2D eigenvalue weighted by Crippen LogP contribution is 2.38. The average Bonchev–Trinajstić information content (AvgIpc) is 2.58. The fraction of sp³-hybridized carbons (Fsp3) is 0.800. The molecule has 1 saturated heterocycles. The van der Waals surface area contributed by atoms with Crippen LogP contribution in [0.1, 0.15) is 27.7 Å². The molecule has 1 N–H and O–H groups in total. The van der Waals surface area contributed by atoms with Crippen LogP contribution in [0.4, 0.5) is 0 Å². The zero-order valence-corrected chi connectivity index (χ0v) is 9.39. The summed E-state index contributed by atoms with van der Waals surface area (Å²) in [5, 5.41) is 3.25. The molecule has 78 valence electrons. The van der Waals surface area contributed by atoms with Gasteiger partial charge >= 0.3 is 7.12 Å². The zero-order chi connectivity index (χ0) is 10.4. The van der Waals surface area contributed by atoms with Crippen LogP contribution in [0.2, 0.25) is 0 Å². The molecule has 3 nitrogen and oxygen atoms in total. The summed E-state index contributed by atoms with van der Waals surface area (Å²) in [5.41, 5.74) is 0.783. The molecule has 0 bridgehead atoms. The summed E-state index contributed by atoms with van der Waals surface area (Å²) in [7, 11) is -0.157. The Bertz CT molecular complexity index is 257. The van der Waals surface area contributed by atoms with Gasteiger partial charge in [0, 0.05) is 13.1 Å². The van der Waals surface area contributed by atoms with Gasteiger partial charge in [0.05, 0.1) is 11.2 Å². The Morgan fingerprint density at radius 1 is 1.21 bits per heavy atom. The van der Waals surface area contributed by atoms with Crippen molar-refractivity contribution >= 4 is 7.12 Å². The van der Waals surface area contributed by atoms with Crippen molar-refractivity contribution in [3.8, 4) is 0 Å². The van der Waals surface area contributed by atoms with Gasteiger partial charge in [-0.1, -0.05) is 6.08 Å². The van der Waals surface area contributed by atoms with Crippen LogP contribution >= 0.6 is 0 Å². The molecule has 0 atom stereocenters. The van der Waals surface area contributed by atoms with Crippen molar-refractivity contribution in [3.63, 3.8) is 0 Å². The van der Waals surface area contributed by atoms with Crippen LogP contribution in [0.3, 0.4) is 0 Å². The first kappa shape index (κ1) is 10.2. The van der Waals surface area contributed by atoms with Crippen molar-refractivity contribution in [1.82, 2.24) is 5.32 Å². The van der Waals surface area contributed by atoms with Gasteiger partial charge in [-0.15, -0.1) is 0 Å². The maximum Gasteiger partial charge on any atom is 0.491 e. The third-order valence-corrected chi connectivity index (χ3v) is 3.39. The van der Waals surface area contributed by atoms with E-state index in [0.717, 1.165) is 13.1 Å². The molecule has 0 aliphatic carbocycles. The molecule has 0 spiro atoms. The Morgan fingerprint density at radius 2 is 1.79 bits per heavy atom. The third-order valence-electron chi connectivity index (χ3n) is 3.39. The highest BCUT2D eigenvalue weighted by atomic mass is 16.7. The lowest BCUT2D eigenvalue weighted by molar-refractivity contribution is 0.00578. The minimum absolute atomic E-state index is 0.157. The molecule has 2 rings (SSSR count). The Kier molecular flexibility index (Phi) is 2.25. The minimum atomic E-state index is -0.221. The molecule has 2 heterocycles. The Labute approximate surface area is 86.0 Å². The number of nitrogens with one attached hydrogen (secondary N) is 1. The van der Waals surface area contributed by atoms with Gasteiger partial charge in [0.25, 0.3) is 0 Å². The van der Waals surface area contributed by atoms with Crippen molar-refractivity contribution < 1.29 is 9.31 Å². The van der Waals surface area contributed by atoms with Crippen LogP contribution in [0.15, 0.2) is 11.5 Å². The largest absolute Gasteiger partial charge is 0.491 e. The van der Waals surface area contributed by atoms with Gasteiger partial charge in [0.15, 0.2) is 0 Å². The Hall–Kier alpha value is -0.315. The van der Waals surface area contributed by atoms with Gasteiger partial charge < -0.3 is 14.6 Å². The van der Waals surface area contributed by atoms with Crippen LogP contribution in [0.25, 0.3) is 0 Å². The van der Waals surface area contributed by atoms with E-state index >= 15 is 0 Å². The smallest absolute Gasteiger partial charge is 0.400 e. The quantitative estimate of drug-likeness (QED) is 0.636. The van der Waals surface area contributed by atoms with Crippen molar-refractivity contribution in [1.29, 1.82) is 0 Å². The van der Waals surface area contributed by atoms with Crippen LogP contribution in [0.5, 0.6) is 0 Å². The molecule has 0 amide bonds. The van der Waals surface area contributed by atoms with Crippen molar-refractivity contribution in [2.24, 2.45) is 0 Å². The monoisotopic (exact) mass is 195 g/mol. The molecule has 0 aromatic heterocycles. The fourth-order valence-corrected chi connectivity index (χ4v) is 1.67. The molecular weight excluding hydrogens is 177 g/mol. The first-order valence-corrected chi connectivity index (χ1v) is 5.18. The molecule has 2 aliphatic rings. The summed E-state index contributed by atoms with van der Waals surface area (Å²) in [6.45, 7) is 10.1. The summed E-state index contributed by atoms with van der Waals surface area (Å²) in [5.74, 6) is 0. The second-order valence-corrected chi connectivity index (χ2v) is 5.00. The normalized spacial score (nSPS) is 29.4. The predicted octanol–water partition coefficient (Wildman–Crippen LogP) is 1.15. The second-order valence-electron chi connectivity index (χ2n) is 5.00. The fourth-order valence-electron chi connectivity index (χ4n) is 1.67. The van der Waals surface area contributed by atoms with Gasteiger partial charge in [-0.2, -0.15) is 0 Å². The molecule has 0 radical (unpaired) electrons. The summed E-state index contributed by atoms with van der Waals surface area (Å²) < 4.78 is 11.8. The molecular formula is C10H18BNO2. The SMILES string of the molecule is CC1(C)OB(C2=CCNC2)OC1(C)C. The maximum absolute atomic E-state index is 5.92. The molecule has 0 unspecified atom stereocenters. The Balaban J connectivity index is 2.13. The lowest BCUT2D eigenvalue weighted by atomic mass is 9.79. The van der Waals surface area contributed by atoms with E-state index in [0.29, 0.717) is 0 Å². The topological polar surface area (TPSA) is 30.5 Å². The summed E-state index contributed by atoms with van der Waals surface area (Å²) in [6, 6.07) is 0. The van der Waals surface area contributed by atoms with Gasteiger partial charge in [-0.25, -0.2) is 0 Å². The van der Waals surface area contributed by atoms with E-state index in [4.69, 9.17) is 9.31 Å². The lowest BCUT2D eigenvalue weighted by Gasteiger charge is -2.32. The van der Waals surface area contributed by atoms with E-state index in [1.165, 1.54) is 5.47 Å². The molecule has 4 heteroatoms. The molecule has 14 heavy (non-hydrogen) atoms. The number of hydrogen-bond donors (Lipinski definition) is 1. The number of rotatable bonds is 1.